The molecule has 6 aliphatic heterocycles. The van der Waals surface area contributed by atoms with Crippen molar-refractivity contribution in [2.45, 2.75) is 89.1 Å². The summed E-state index contributed by atoms with van der Waals surface area (Å²) >= 11 is 7.86. The van der Waals surface area contributed by atoms with E-state index in [1.165, 1.54) is 23.6 Å². The average molecular weight is 1190 g/mol. The Labute approximate surface area is 485 Å². The van der Waals surface area contributed by atoms with Gasteiger partial charge in [-0.1, -0.05) is 31.2 Å². The van der Waals surface area contributed by atoms with Crippen molar-refractivity contribution in [3.8, 4) is 40.3 Å². The number of nitrogen functional groups attached to an aromatic ring is 1. The van der Waals surface area contributed by atoms with E-state index >= 15 is 13.2 Å². The molecule has 84 heavy (non-hydrogen) atoms. The van der Waals surface area contributed by atoms with Crippen molar-refractivity contribution < 1.29 is 56.0 Å². The van der Waals surface area contributed by atoms with Gasteiger partial charge in [0.15, 0.2) is 28.8 Å². The van der Waals surface area contributed by atoms with Crippen LogP contribution in [0.1, 0.15) is 68.7 Å². The molecule has 1 amide bonds. The summed E-state index contributed by atoms with van der Waals surface area (Å²) in [7, 11) is 0. The molecule has 13 rings (SSSR count). The van der Waals surface area contributed by atoms with E-state index in [1.54, 1.807) is 19.1 Å². The van der Waals surface area contributed by atoms with Crippen LogP contribution in [0.2, 0.25) is 5.02 Å². The largest absolute Gasteiger partial charge is 0.489 e. The summed E-state index contributed by atoms with van der Waals surface area (Å²) < 4.78 is 88.8. The van der Waals surface area contributed by atoms with Crippen LogP contribution in [0.4, 0.5) is 38.9 Å². The summed E-state index contributed by atoms with van der Waals surface area (Å²) in [6, 6.07) is 9.89. The number of Topliss-reactive ketones (excluding diaryl/α,β-unsaturated/α-hetero) is 1. The fourth-order valence-electron chi connectivity index (χ4n) is 13.1. The van der Waals surface area contributed by atoms with Crippen LogP contribution in [-0.2, 0) is 37.8 Å². The lowest BCUT2D eigenvalue weighted by molar-refractivity contribution is -0.172. The van der Waals surface area contributed by atoms with Crippen LogP contribution in [-0.4, -0.2) is 135 Å². The Balaban J connectivity index is 0.725. The molecule has 5 atom stereocenters. The number of fused-ring (bicyclic) bond motifs is 10. The maximum Gasteiger partial charge on any atom is 0.415 e. The summed E-state index contributed by atoms with van der Waals surface area (Å²) in [6.07, 6.45) is -1.38. The van der Waals surface area contributed by atoms with Crippen LogP contribution < -0.4 is 30.6 Å². The number of nitrogens with zero attached hydrogens (tertiary/aromatic N) is 9. The highest BCUT2D eigenvalue weighted by Crippen LogP contribution is 2.48. The predicted molar refractivity (Wildman–Crippen MR) is 304 cm³/mol. The third-order valence-electron chi connectivity index (χ3n) is 17.5. The van der Waals surface area contributed by atoms with Gasteiger partial charge in [0.1, 0.15) is 66.0 Å². The molecule has 0 saturated carbocycles. The number of hydrogen-bond donors (Lipinski definition) is 2. The number of esters is 1. The number of carbonyl (C=O) groups excluding carboxylic acids is 3. The first kappa shape index (κ1) is 55.3. The fraction of sp³-hybridized carbons (Fsp3) is 0.390. The zero-order valence-electron chi connectivity index (χ0n) is 45.6. The highest BCUT2D eigenvalue weighted by atomic mass is 35.5. The number of carbonyl (C=O) groups is 3. The number of nitrogens with two attached hydrogens (primary N) is 1. The summed E-state index contributed by atoms with van der Waals surface area (Å²) in [5.41, 5.74) is 4.33. The number of benzene rings is 3. The molecule has 6 aliphatic rings. The van der Waals surface area contributed by atoms with Gasteiger partial charge in [-0.15, -0.1) is 11.3 Å². The van der Waals surface area contributed by atoms with Crippen LogP contribution in [0.5, 0.6) is 11.8 Å². The fourth-order valence-corrected chi connectivity index (χ4v) is 14.4. The zero-order valence-corrected chi connectivity index (χ0v) is 47.2. The van der Waals surface area contributed by atoms with Gasteiger partial charge in [0.05, 0.1) is 62.9 Å². The minimum atomic E-state index is -2.03. The van der Waals surface area contributed by atoms with Crippen molar-refractivity contribution in [3.63, 3.8) is 0 Å². The van der Waals surface area contributed by atoms with Crippen LogP contribution in [0.15, 0.2) is 53.3 Å². The molecule has 3 fully saturated rings. The second-order valence-corrected chi connectivity index (χ2v) is 23.8. The predicted octanol–water partition coefficient (Wildman–Crippen LogP) is 8.44. The number of pyridine rings is 2. The molecule has 4 aromatic heterocycles. The molecule has 3 saturated heterocycles. The first-order valence-corrected chi connectivity index (χ1v) is 28.7. The van der Waals surface area contributed by atoms with Crippen molar-refractivity contribution in [1.29, 1.82) is 5.26 Å². The molecule has 3 aromatic carbocycles. The third-order valence-corrected chi connectivity index (χ3v) is 18.8. The Morgan fingerprint density at radius 3 is 2.64 bits per heavy atom. The van der Waals surface area contributed by atoms with Crippen LogP contribution in [0.3, 0.4) is 0 Å². The van der Waals surface area contributed by atoms with E-state index in [0.717, 1.165) is 34.8 Å². The molecule has 434 valence electrons. The molecule has 0 radical (unpaired) electrons. The number of rotatable bonds is 11. The molecular formula is C59H53ClF4N10O9S. The number of ether oxygens (including phenoxy) is 4. The molecule has 10 heterocycles. The van der Waals surface area contributed by atoms with Gasteiger partial charge >= 0.3 is 18.1 Å². The molecule has 0 bridgehead atoms. The van der Waals surface area contributed by atoms with E-state index in [1.807, 2.05) is 22.8 Å². The molecule has 19 nitrogen and oxygen atoms in total. The van der Waals surface area contributed by atoms with Gasteiger partial charge in [-0.25, -0.2) is 32.1 Å². The number of aliphatic hydroxyl groups is 1. The highest BCUT2D eigenvalue weighted by Gasteiger charge is 2.50. The molecule has 3 N–H and O–H groups in total. The van der Waals surface area contributed by atoms with Crippen LogP contribution in [0, 0.1) is 28.8 Å². The standard InChI is InChI=1S/C59H53ClF4N10O9S/c1-5-59(79)37-17-42-47-30(22-74(42)54(76)36(37)25-81-55(59)77)15-33-41(67-47)18-40(63)49-50(33)80-14-13-73(49)57(78)83-29(4)28(3)43(75)24-70-11-12-72(27(2)21-70)53-34-16-38(60)45(32-7-8-39(62)51-44(32)35(20-65)52(66)84-51)46(64)48(34)68-56(69-53)82-26-58-9-6-10-71(58)23-31(61)19-58/h7-8,15-18,27,29,31,79H,3,5-6,9-14,19,21-26,66H2,1-2,4H3/t27-,29-,31+,58-,59-/m0/s1. The number of hydrogen-bond acceptors (Lipinski definition) is 18. The molecule has 25 heteroatoms. The third kappa shape index (κ3) is 8.62. The van der Waals surface area contributed by atoms with E-state index in [9.17, 15) is 33.9 Å². The van der Waals surface area contributed by atoms with E-state index in [-0.39, 0.29) is 165 Å². The normalized spacial score (nSPS) is 22.3. The summed E-state index contributed by atoms with van der Waals surface area (Å²) in [4.78, 5) is 75.6. The highest BCUT2D eigenvalue weighted by molar-refractivity contribution is 7.23. The Hall–Kier alpha value is -7.95. The second kappa shape index (κ2) is 20.4. The number of ketones is 1. The summed E-state index contributed by atoms with van der Waals surface area (Å²) in [5.74, 6) is -3.37. The number of anilines is 3. The molecule has 0 unspecified atom stereocenters. The van der Waals surface area contributed by atoms with Gasteiger partial charge in [0, 0.05) is 83.1 Å². The van der Waals surface area contributed by atoms with E-state index < -0.39 is 64.3 Å². The maximum absolute atomic E-state index is 17.5. The summed E-state index contributed by atoms with van der Waals surface area (Å²) in [6.45, 7) is 10.4. The number of amides is 1. The Bertz CT molecular complexity index is 4180. The smallest absolute Gasteiger partial charge is 0.415 e. The molecular weight excluding hydrogens is 1140 g/mol. The maximum atomic E-state index is 17.5. The lowest BCUT2D eigenvalue weighted by atomic mass is 9.86. The quantitative estimate of drug-likeness (QED) is 0.0703. The van der Waals surface area contributed by atoms with Gasteiger partial charge < -0.3 is 39.3 Å². The number of aromatic nitrogens is 4. The number of nitriles is 1. The average Bonchev–Trinajstić information content (AvgIpc) is 2.13. The van der Waals surface area contributed by atoms with E-state index in [4.69, 9.17) is 46.3 Å². The van der Waals surface area contributed by atoms with Crippen molar-refractivity contribution in [1.82, 2.24) is 29.3 Å². The van der Waals surface area contributed by atoms with Gasteiger partial charge in [0.25, 0.3) is 5.56 Å². The molecule has 7 aromatic rings. The van der Waals surface area contributed by atoms with Crippen molar-refractivity contribution in [2.75, 3.05) is 74.6 Å². The van der Waals surface area contributed by atoms with Crippen molar-refractivity contribution >= 4 is 89.2 Å². The van der Waals surface area contributed by atoms with Gasteiger partial charge in [0.2, 0.25) is 0 Å². The van der Waals surface area contributed by atoms with Gasteiger partial charge in [-0.2, -0.15) is 15.2 Å². The lowest BCUT2D eigenvalue weighted by Crippen LogP contribution is -2.53. The minimum absolute atomic E-state index is 0.0179. The monoisotopic (exact) mass is 1190 g/mol. The van der Waals surface area contributed by atoms with Crippen molar-refractivity contribution in [2.24, 2.45) is 0 Å². The SMILES string of the molecule is C=C(C(=O)CN1CCN(c2nc(OC[C@@]34CCCN3C[C@H](F)C4)nc3c(F)c(-c4ccc(F)c5sc(N)c(C#N)c45)c(Cl)cc23)[C@@H](C)C1)[C@H](C)OC(=O)N1CCOc2c1c(F)cc1nc3c(cc21)Cn1c-3cc2c(c1=O)COC(=O)[C@]2(O)CC. The van der Waals surface area contributed by atoms with E-state index in [2.05, 4.69) is 16.5 Å². The number of halogens is 5. The van der Waals surface area contributed by atoms with Gasteiger partial charge in [-0.3, -0.25) is 24.3 Å². The van der Waals surface area contributed by atoms with Crippen LogP contribution in [0.25, 0.3) is 54.4 Å². The topological polar surface area (TPSA) is 232 Å². The number of piperazine rings is 1. The zero-order chi connectivity index (χ0) is 59.0. The summed E-state index contributed by atoms with van der Waals surface area (Å²) in [5, 5.41) is 22.0. The Morgan fingerprint density at radius 1 is 1.06 bits per heavy atom. The first-order chi connectivity index (χ1) is 40.2. The minimum Gasteiger partial charge on any atom is -0.489 e. The lowest BCUT2D eigenvalue weighted by Gasteiger charge is -2.41. The molecule has 0 spiro atoms. The number of alkyl halides is 1. The van der Waals surface area contributed by atoms with Gasteiger partial charge in [-0.05, 0) is 69.5 Å². The molecule has 0 aliphatic carbocycles. The van der Waals surface area contributed by atoms with E-state index in [0.29, 0.717) is 48.4 Å². The number of cyclic esters (lactones) is 1. The first-order valence-electron chi connectivity index (χ1n) is 27.5. The Kier molecular flexibility index (Phi) is 13.4. The van der Waals surface area contributed by atoms with Crippen LogP contribution >= 0.6 is 22.9 Å². The Morgan fingerprint density at radius 2 is 1.87 bits per heavy atom. The van der Waals surface area contributed by atoms with Crippen molar-refractivity contribution in [3.05, 3.63) is 104 Å². The number of thiophene rings is 1. The second-order valence-electron chi connectivity index (χ2n) is 22.3.